The van der Waals surface area contributed by atoms with E-state index in [1.807, 2.05) is 57.3 Å². The molecule has 1 atom stereocenters. The van der Waals surface area contributed by atoms with Crippen LogP contribution >= 0.6 is 23.2 Å². The van der Waals surface area contributed by atoms with Crippen LogP contribution in [0.2, 0.25) is 10.0 Å². The number of unbranched alkanes of at least 4 members (excludes halogenated alkanes) is 1. The highest BCUT2D eigenvalue weighted by molar-refractivity contribution is 6.36. The maximum atomic E-state index is 13.0. The normalized spacial score (nSPS) is 12.0. The Morgan fingerprint density at radius 1 is 1.00 bits per heavy atom. The van der Waals surface area contributed by atoms with E-state index >= 15 is 0 Å². The first-order chi connectivity index (χ1) is 20.9. The fourth-order valence-electron chi connectivity index (χ4n) is 4.57. The lowest BCUT2D eigenvalue weighted by molar-refractivity contribution is 0.0499. The monoisotopic (exact) mass is 637 g/mol. The van der Waals surface area contributed by atoms with Gasteiger partial charge in [0.05, 0.1) is 22.3 Å². The quantitative estimate of drug-likeness (QED) is 0.161. The van der Waals surface area contributed by atoms with Crippen LogP contribution in [0.3, 0.4) is 0 Å². The average molecular weight is 639 g/mol. The van der Waals surface area contributed by atoms with Gasteiger partial charge in [0.1, 0.15) is 23.8 Å². The Hall–Kier alpha value is -4.01. The van der Waals surface area contributed by atoms with Crippen molar-refractivity contribution in [2.24, 2.45) is 0 Å². The van der Waals surface area contributed by atoms with Crippen LogP contribution in [0.25, 0.3) is 11.3 Å². The summed E-state index contributed by atoms with van der Waals surface area (Å²) in [5, 5.41) is 13.2. The molecule has 0 aliphatic carbocycles. The Morgan fingerprint density at radius 3 is 2.30 bits per heavy atom. The number of amides is 1. The highest BCUT2D eigenvalue weighted by Gasteiger charge is 2.26. The molecule has 4 rings (SSSR count). The Kier molecular flexibility index (Phi) is 10.9. The van der Waals surface area contributed by atoms with Gasteiger partial charge in [0.15, 0.2) is 0 Å². The van der Waals surface area contributed by atoms with Crippen molar-refractivity contribution < 1.29 is 24.2 Å². The largest absolute Gasteiger partial charge is 0.489 e. The second-order valence-corrected chi connectivity index (χ2v) is 12.3. The van der Waals surface area contributed by atoms with Gasteiger partial charge >= 0.3 is 12.1 Å². The van der Waals surface area contributed by atoms with Crippen LogP contribution in [0.1, 0.15) is 73.9 Å². The van der Waals surface area contributed by atoms with Crippen LogP contribution in [0, 0.1) is 0 Å². The molecule has 0 aliphatic rings. The number of benzene rings is 3. The standard InChI is InChI=1S/C34H37Cl2N3O5/c1-5-6-17-39-20-30(27-16-13-25(35)19-28(27)36)37-31(39)29(38-33(42)44-34(2,3)4)18-22-9-14-26(15-10-22)43-21-23-7-11-24(12-8-23)32(40)41/h7-16,19-20,29H,5-6,17-18,21H2,1-4H3,(H,38,42)(H,40,41). The van der Waals surface area contributed by atoms with Gasteiger partial charge in [-0.15, -0.1) is 0 Å². The average Bonchev–Trinajstić information content (AvgIpc) is 3.38. The number of rotatable bonds is 12. The Bertz CT molecular complexity index is 1580. The van der Waals surface area contributed by atoms with Gasteiger partial charge in [-0.2, -0.15) is 0 Å². The van der Waals surface area contributed by atoms with E-state index in [4.69, 9.17) is 42.8 Å². The first kappa shape index (κ1) is 32.9. The summed E-state index contributed by atoms with van der Waals surface area (Å²) in [6, 6.07) is 19.0. The molecule has 4 aromatic rings. The molecule has 44 heavy (non-hydrogen) atoms. The van der Waals surface area contributed by atoms with Crippen molar-refractivity contribution >= 4 is 35.3 Å². The van der Waals surface area contributed by atoms with Gasteiger partial charge in [-0.1, -0.05) is 60.8 Å². The lowest BCUT2D eigenvalue weighted by Gasteiger charge is -2.24. The number of nitrogens with one attached hydrogen (secondary N) is 1. The summed E-state index contributed by atoms with van der Waals surface area (Å²) in [5.41, 5.74) is 2.82. The van der Waals surface area contributed by atoms with E-state index in [2.05, 4.69) is 16.8 Å². The van der Waals surface area contributed by atoms with Gasteiger partial charge in [0.25, 0.3) is 0 Å². The highest BCUT2D eigenvalue weighted by atomic mass is 35.5. The molecule has 232 valence electrons. The molecule has 0 fully saturated rings. The van der Waals surface area contributed by atoms with Crippen LogP contribution in [0.15, 0.2) is 72.9 Å². The van der Waals surface area contributed by atoms with E-state index < -0.39 is 23.7 Å². The van der Waals surface area contributed by atoms with Gasteiger partial charge in [0, 0.05) is 29.7 Å². The van der Waals surface area contributed by atoms with Crippen molar-refractivity contribution in [3.8, 4) is 17.0 Å². The highest BCUT2D eigenvalue weighted by Crippen LogP contribution is 2.32. The number of hydrogen-bond donors (Lipinski definition) is 2. The topological polar surface area (TPSA) is 103 Å². The summed E-state index contributed by atoms with van der Waals surface area (Å²) in [7, 11) is 0. The van der Waals surface area contributed by atoms with E-state index in [0.717, 1.165) is 36.1 Å². The third-order valence-corrected chi connectivity index (χ3v) is 7.29. The van der Waals surface area contributed by atoms with Gasteiger partial charge in [-0.3, -0.25) is 0 Å². The van der Waals surface area contributed by atoms with E-state index in [1.165, 1.54) is 0 Å². The van der Waals surface area contributed by atoms with E-state index in [0.29, 0.717) is 40.3 Å². The number of nitrogens with zero attached hydrogens (tertiary/aromatic N) is 2. The molecule has 0 aliphatic heterocycles. The van der Waals surface area contributed by atoms with Crippen molar-refractivity contribution in [2.45, 2.75) is 71.8 Å². The molecule has 0 saturated heterocycles. The number of hydrogen-bond acceptors (Lipinski definition) is 5. The van der Waals surface area contributed by atoms with Gasteiger partial charge in [-0.25, -0.2) is 14.6 Å². The van der Waals surface area contributed by atoms with E-state index in [9.17, 15) is 9.59 Å². The first-order valence-corrected chi connectivity index (χ1v) is 15.2. The van der Waals surface area contributed by atoms with Gasteiger partial charge < -0.3 is 24.5 Å². The fourth-order valence-corrected chi connectivity index (χ4v) is 5.07. The molecule has 1 heterocycles. The molecule has 2 N–H and O–H groups in total. The molecule has 0 saturated carbocycles. The number of carboxylic acid groups (broad SMARTS) is 1. The molecule has 0 spiro atoms. The third kappa shape index (κ3) is 9.24. The summed E-state index contributed by atoms with van der Waals surface area (Å²) in [4.78, 5) is 29.1. The second-order valence-electron chi connectivity index (χ2n) is 11.5. The predicted molar refractivity (Wildman–Crippen MR) is 173 cm³/mol. The second kappa shape index (κ2) is 14.6. The minimum absolute atomic E-state index is 0.228. The number of carboxylic acids is 1. The van der Waals surface area contributed by atoms with Crippen LogP contribution in [-0.2, 0) is 24.3 Å². The summed E-state index contributed by atoms with van der Waals surface area (Å²) < 4.78 is 13.6. The Labute approximate surface area is 267 Å². The predicted octanol–water partition coefficient (Wildman–Crippen LogP) is 8.74. The molecular weight excluding hydrogens is 601 g/mol. The van der Waals surface area contributed by atoms with Crippen molar-refractivity contribution in [3.05, 3.63) is 105 Å². The number of aromatic carboxylic acids is 1. The third-order valence-electron chi connectivity index (χ3n) is 6.74. The lowest BCUT2D eigenvalue weighted by Crippen LogP contribution is -2.36. The van der Waals surface area contributed by atoms with Crippen molar-refractivity contribution in [1.29, 1.82) is 0 Å². The molecular formula is C34H37Cl2N3O5. The summed E-state index contributed by atoms with van der Waals surface area (Å²) in [6.07, 6.45) is 3.80. The number of alkyl carbamates (subject to hydrolysis) is 1. The van der Waals surface area contributed by atoms with Crippen molar-refractivity contribution in [2.75, 3.05) is 0 Å². The van der Waals surface area contributed by atoms with E-state index in [-0.39, 0.29) is 5.56 Å². The van der Waals surface area contributed by atoms with E-state index in [1.54, 1.807) is 36.4 Å². The van der Waals surface area contributed by atoms with Crippen LogP contribution in [-0.4, -0.2) is 32.3 Å². The molecule has 10 heteroatoms. The SMILES string of the molecule is CCCCn1cc(-c2ccc(Cl)cc2Cl)nc1C(Cc1ccc(OCc2ccc(C(=O)O)cc2)cc1)NC(=O)OC(C)(C)C. The minimum atomic E-state index is -0.967. The fraction of sp³-hybridized carbons (Fsp3) is 0.324. The van der Waals surface area contributed by atoms with Crippen molar-refractivity contribution in [1.82, 2.24) is 14.9 Å². The Morgan fingerprint density at radius 2 is 1.68 bits per heavy atom. The smallest absolute Gasteiger partial charge is 0.408 e. The molecule has 1 unspecified atom stereocenters. The molecule has 0 radical (unpaired) electrons. The zero-order valence-corrected chi connectivity index (χ0v) is 26.8. The number of carbonyl (C=O) groups is 2. The lowest BCUT2D eigenvalue weighted by atomic mass is 10.0. The number of ether oxygens (including phenoxy) is 2. The number of imidazole rings is 1. The number of carbonyl (C=O) groups excluding carboxylic acids is 1. The minimum Gasteiger partial charge on any atom is -0.489 e. The number of aryl methyl sites for hydroxylation is 1. The molecule has 1 amide bonds. The maximum absolute atomic E-state index is 13.0. The summed E-state index contributed by atoms with van der Waals surface area (Å²) in [5.74, 6) is 0.387. The molecule has 0 bridgehead atoms. The van der Waals surface area contributed by atoms with Crippen molar-refractivity contribution in [3.63, 3.8) is 0 Å². The van der Waals surface area contributed by atoms with Gasteiger partial charge in [-0.05, 0) is 80.8 Å². The molecule has 3 aromatic carbocycles. The number of halogens is 2. The molecule has 1 aromatic heterocycles. The Balaban J connectivity index is 1.58. The van der Waals surface area contributed by atoms with Gasteiger partial charge in [0.2, 0.25) is 0 Å². The maximum Gasteiger partial charge on any atom is 0.408 e. The van der Waals surface area contributed by atoms with Crippen LogP contribution in [0.4, 0.5) is 4.79 Å². The number of aromatic nitrogens is 2. The molecule has 8 nitrogen and oxygen atoms in total. The zero-order valence-electron chi connectivity index (χ0n) is 25.3. The first-order valence-electron chi connectivity index (χ1n) is 14.5. The van der Waals surface area contributed by atoms with Crippen LogP contribution < -0.4 is 10.1 Å². The van der Waals surface area contributed by atoms with Crippen LogP contribution in [0.5, 0.6) is 5.75 Å². The summed E-state index contributed by atoms with van der Waals surface area (Å²) >= 11 is 12.7. The summed E-state index contributed by atoms with van der Waals surface area (Å²) in [6.45, 7) is 8.61. The zero-order chi connectivity index (χ0) is 31.9.